The maximum Gasteiger partial charge on any atom is 0.241 e. The summed E-state index contributed by atoms with van der Waals surface area (Å²) in [7, 11) is -2.32. The number of aliphatic hydroxyl groups excluding tert-OH is 1. The fourth-order valence-electron chi connectivity index (χ4n) is 3.50. The fraction of sp³-hybridized carbons (Fsp3) is 0.632. The van der Waals surface area contributed by atoms with Crippen LogP contribution in [-0.4, -0.2) is 57.4 Å². The molecule has 0 bridgehead atoms. The van der Waals surface area contributed by atoms with Crippen LogP contribution < -0.4 is 14.8 Å². The fourth-order valence-corrected chi connectivity index (χ4v) is 4.83. The van der Waals surface area contributed by atoms with E-state index < -0.39 is 22.2 Å². The predicted molar refractivity (Wildman–Crippen MR) is 102 cm³/mol. The summed E-state index contributed by atoms with van der Waals surface area (Å²) in [6, 6.07) is 5.90. The molecule has 1 amide bonds. The van der Waals surface area contributed by atoms with Gasteiger partial charge in [-0.2, -0.15) is 0 Å². The first kappa shape index (κ1) is 21.0. The van der Waals surface area contributed by atoms with E-state index >= 15 is 0 Å². The molecule has 156 valence electrons. The number of ether oxygens (including phenoxy) is 2. The molecule has 2 fully saturated rings. The van der Waals surface area contributed by atoms with Crippen LogP contribution in [0.25, 0.3) is 0 Å². The number of aliphatic hydroxyl groups is 1. The van der Waals surface area contributed by atoms with Crippen molar-refractivity contribution >= 4 is 15.9 Å². The summed E-state index contributed by atoms with van der Waals surface area (Å²) in [5.41, 5.74) is 0. The quantitative estimate of drug-likeness (QED) is 0.586. The number of carbonyl (C=O) groups excluding carboxylic acids is 1. The molecular formula is C19H28N2O6S. The van der Waals surface area contributed by atoms with Crippen molar-refractivity contribution in [1.29, 1.82) is 0 Å². The number of nitrogens with one attached hydrogen (secondary N) is 2. The summed E-state index contributed by atoms with van der Waals surface area (Å²) in [6.45, 7) is -0.327. The second kappa shape index (κ2) is 9.21. The highest BCUT2D eigenvalue weighted by Crippen LogP contribution is 2.25. The third kappa shape index (κ3) is 5.22. The van der Waals surface area contributed by atoms with Gasteiger partial charge in [-0.1, -0.05) is 6.07 Å². The molecule has 3 N–H and O–H groups in total. The van der Waals surface area contributed by atoms with E-state index in [1.807, 2.05) is 0 Å². The molecule has 9 heteroatoms. The Morgan fingerprint density at radius 3 is 2.71 bits per heavy atom. The maximum absolute atomic E-state index is 12.7. The van der Waals surface area contributed by atoms with Crippen LogP contribution in [0.4, 0.5) is 0 Å². The number of methoxy groups -OCH3 is 1. The minimum absolute atomic E-state index is 0.0539. The van der Waals surface area contributed by atoms with Gasteiger partial charge in [0.05, 0.1) is 43.3 Å². The van der Waals surface area contributed by atoms with Gasteiger partial charge in [-0.3, -0.25) is 4.79 Å². The van der Waals surface area contributed by atoms with Crippen molar-refractivity contribution in [2.75, 3.05) is 13.7 Å². The second-order valence-corrected chi connectivity index (χ2v) is 9.08. The van der Waals surface area contributed by atoms with E-state index in [2.05, 4.69) is 10.0 Å². The van der Waals surface area contributed by atoms with Crippen LogP contribution in [0.2, 0.25) is 0 Å². The molecule has 1 aromatic carbocycles. The summed E-state index contributed by atoms with van der Waals surface area (Å²) in [5, 5.41) is 12.6. The lowest BCUT2D eigenvalue weighted by molar-refractivity contribution is -0.131. The first-order valence-electron chi connectivity index (χ1n) is 9.63. The van der Waals surface area contributed by atoms with Crippen LogP contribution in [0, 0.1) is 0 Å². The third-order valence-corrected chi connectivity index (χ3v) is 6.82. The van der Waals surface area contributed by atoms with Gasteiger partial charge in [-0.05, 0) is 44.2 Å². The number of hydrogen-bond acceptors (Lipinski definition) is 6. The Labute approximate surface area is 165 Å². The van der Waals surface area contributed by atoms with Crippen LogP contribution in [0.1, 0.15) is 38.5 Å². The van der Waals surface area contributed by atoms with Crippen LogP contribution in [0.15, 0.2) is 29.2 Å². The Balaban J connectivity index is 1.58. The van der Waals surface area contributed by atoms with Gasteiger partial charge < -0.3 is 19.9 Å². The normalized spacial score (nSPS) is 25.7. The molecule has 0 unspecified atom stereocenters. The maximum atomic E-state index is 12.7. The summed E-state index contributed by atoms with van der Waals surface area (Å²) >= 11 is 0. The van der Waals surface area contributed by atoms with Crippen LogP contribution in [0.5, 0.6) is 5.75 Å². The molecule has 1 aliphatic carbocycles. The Bertz CT molecular complexity index is 780. The van der Waals surface area contributed by atoms with E-state index in [1.54, 1.807) is 12.1 Å². The lowest BCUT2D eigenvalue weighted by Gasteiger charge is -2.36. The monoisotopic (exact) mass is 412 g/mol. The van der Waals surface area contributed by atoms with E-state index in [9.17, 15) is 18.3 Å². The van der Waals surface area contributed by atoms with Gasteiger partial charge in [0.1, 0.15) is 5.75 Å². The minimum atomic E-state index is -3.79. The van der Waals surface area contributed by atoms with E-state index in [1.165, 1.54) is 19.2 Å². The topological polar surface area (TPSA) is 114 Å². The van der Waals surface area contributed by atoms with Gasteiger partial charge >= 0.3 is 0 Å². The van der Waals surface area contributed by atoms with Gasteiger partial charge in [0.2, 0.25) is 15.9 Å². The van der Waals surface area contributed by atoms with E-state index in [4.69, 9.17) is 9.47 Å². The average molecular weight is 413 g/mol. The smallest absolute Gasteiger partial charge is 0.241 e. The molecule has 8 nitrogen and oxygen atoms in total. The molecule has 0 radical (unpaired) electrons. The summed E-state index contributed by atoms with van der Waals surface area (Å²) in [6.07, 6.45) is 3.41. The van der Waals surface area contributed by atoms with Gasteiger partial charge in [0, 0.05) is 12.1 Å². The van der Waals surface area contributed by atoms with E-state index in [0.717, 1.165) is 19.3 Å². The van der Waals surface area contributed by atoms with Crippen molar-refractivity contribution in [2.45, 2.75) is 67.7 Å². The van der Waals surface area contributed by atoms with Gasteiger partial charge in [0.25, 0.3) is 0 Å². The second-order valence-electron chi connectivity index (χ2n) is 7.36. The molecule has 1 aliphatic heterocycles. The first-order chi connectivity index (χ1) is 13.4. The van der Waals surface area contributed by atoms with E-state index in [-0.39, 0.29) is 36.0 Å². The standard InChI is InChI=1S/C19H28N2O6S/c1-26-14-6-3-7-16(10-14)28(24,25)21-17-9-8-15(27-18(17)12-22)11-19(23)20-13-4-2-5-13/h3,6-7,10,13,15,17-18,21-22H,2,4-5,8-9,11-12H2,1H3,(H,20,23)/t15-,17-,18+/m0/s1. The number of rotatable bonds is 8. The van der Waals surface area contributed by atoms with Gasteiger partial charge in [-0.15, -0.1) is 0 Å². The van der Waals surface area contributed by atoms with Gasteiger partial charge in [0.15, 0.2) is 0 Å². The molecular weight excluding hydrogens is 384 g/mol. The Morgan fingerprint density at radius 1 is 1.29 bits per heavy atom. The molecule has 0 aromatic heterocycles. The molecule has 3 rings (SSSR count). The Kier molecular flexibility index (Phi) is 6.92. The molecule has 1 saturated carbocycles. The highest BCUT2D eigenvalue weighted by atomic mass is 32.2. The predicted octanol–water partition coefficient (Wildman–Crippen LogP) is 0.941. The lowest BCUT2D eigenvalue weighted by Crippen LogP contribution is -2.51. The molecule has 1 aromatic rings. The number of sulfonamides is 1. The molecule has 1 saturated heterocycles. The number of carbonyl (C=O) groups is 1. The Hall–Kier alpha value is -1.68. The average Bonchev–Trinajstić information content (AvgIpc) is 2.65. The zero-order chi connectivity index (χ0) is 20.1. The molecule has 2 aliphatic rings. The minimum Gasteiger partial charge on any atom is -0.497 e. The zero-order valence-corrected chi connectivity index (χ0v) is 16.8. The SMILES string of the molecule is COc1cccc(S(=O)(=O)N[C@H]2CC[C@@H](CC(=O)NC3CCC3)O[C@@H]2CO)c1. The van der Waals surface area contributed by atoms with Gasteiger partial charge in [-0.25, -0.2) is 13.1 Å². The molecule has 1 heterocycles. The van der Waals surface area contributed by atoms with Crippen LogP contribution in [-0.2, 0) is 19.6 Å². The molecule has 28 heavy (non-hydrogen) atoms. The van der Waals surface area contributed by atoms with Crippen LogP contribution in [0.3, 0.4) is 0 Å². The van der Waals surface area contributed by atoms with Crippen molar-refractivity contribution < 1.29 is 27.8 Å². The first-order valence-corrected chi connectivity index (χ1v) is 11.1. The van der Waals surface area contributed by atoms with E-state index in [0.29, 0.717) is 18.6 Å². The summed E-state index contributed by atoms with van der Waals surface area (Å²) in [4.78, 5) is 12.2. The third-order valence-electron chi connectivity index (χ3n) is 5.34. The number of benzene rings is 1. The lowest BCUT2D eigenvalue weighted by atomic mass is 9.92. The van der Waals surface area contributed by atoms with Crippen molar-refractivity contribution in [3.63, 3.8) is 0 Å². The Morgan fingerprint density at radius 2 is 2.07 bits per heavy atom. The van der Waals surface area contributed by atoms with Crippen molar-refractivity contribution in [3.05, 3.63) is 24.3 Å². The highest BCUT2D eigenvalue weighted by molar-refractivity contribution is 7.89. The highest BCUT2D eigenvalue weighted by Gasteiger charge is 2.35. The van der Waals surface area contributed by atoms with Crippen molar-refractivity contribution in [3.8, 4) is 5.75 Å². The van der Waals surface area contributed by atoms with Crippen molar-refractivity contribution in [2.24, 2.45) is 0 Å². The number of amides is 1. The summed E-state index contributed by atoms with van der Waals surface area (Å²) < 4.78 is 38.9. The largest absolute Gasteiger partial charge is 0.497 e. The number of hydrogen-bond donors (Lipinski definition) is 3. The molecule has 0 spiro atoms. The molecule has 3 atom stereocenters. The summed E-state index contributed by atoms with van der Waals surface area (Å²) in [5.74, 6) is 0.390. The van der Waals surface area contributed by atoms with Crippen molar-refractivity contribution in [1.82, 2.24) is 10.0 Å². The zero-order valence-electron chi connectivity index (χ0n) is 16.0. The van der Waals surface area contributed by atoms with Crippen LogP contribution >= 0.6 is 0 Å².